The summed E-state index contributed by atoms with van der Waals surface area (Å²) in [6.07, 6.45) is 3.67. The van der Waals surface area contributed by atoms with E-state index >= 15 is 0 Å². The third-order valence-electron chi connectivity index (χ3n) is 4.12. The van der Waals surface area contributed by atoms with Crippen LogP contribution in [0.5, 0.6) is 0 Å². The standard InChI is InChI=1S/C16H22N2S/c1-11(2)15-10-19-16(18-15)17-14-9-5-7-12-6-3-4-8-13(12)14/h3-4,6,8,11,14-15H,5,7,9-10H2,1-2H3,(H,17,18)/t14?,15-/m1/s1. The zero-order valence-corrected chi connectivity index (χ0v) is 12.5. The number of benzene rings is 1. The van der Waals surface area contributed by atoms with E-state index in [0.29, 0.717) is 18.0 Å². The molecule has 1 fully saturated rings. The second-order valence-electron chi connectivity index (χ2n) is 5.85. The molecule has 0 aromatic heterocycles. The van der Waals surface area contributed by atoms with E-state index < -0.39 is 0 Å². The molecule has 1 aliphatic carbocycles. The molecule has 1 unspecified atom stereocenters. The molecule has 0 radical (unpaired) electrons. The Morgan fingerprint density at radius 1 is 1.32 bits per heavy atom. The normalized spacial score (nSPS) is 28.5. The lowest BCUT2D eigenvalue weighted by Gasteiger charge is -2.23. The third kappa shape index (κ3) is 2.81. The van der Waals surface area contributed by atoms with Crippen LogP contribution in [0.4, 0.5) is 0 Å². The van der Waals surface area contributed by atoms with Crippen LogP contribution in [0.3, 0.4) is 0 Å². The number of amidine groups is 1. The minimum Gasteiger partial charge on any atom is -0.361 e. The average Bonchev–Trinajstić information content (AvgIpc) is 2.88. The Bertz CT molecular complexity index is 481. The highest BCUT2D eigenvalue weighted by Gasteiger charge is 2.25. The SMILES string of the molecule is CC(C)[C@H]1CSC(=NC2CCCc3ccccc32)N1. The van der Waals surface area contributed by atoms with Crippen LogP contribution in [-0.4, -0.2) is 17.0 Å². The van der Waals surface area contributed by atoms with Crippen molar-refractivity contribution in [1.29, 1.82) is 0 Å². The third-order valence-corrected chi connectivity index (χ3v) is 5.15. The molecular formula is C16H22N2S. The summed E-state index contributed by atoms with van der Waals surface area (Å²) >= 11 is 1.89. The number of aryl methyl sites for hydroxylation is 1. The number of nitrogens with one attached hydrogen (secondary N) is 1. The van der Waals surface area contributed by atoms with Crippen LogP contribution in [-0.2, 0) is 6.42 Å². The van der Waals surface area contributed by atoms with Gasteiger partial charge in [0.2, 0.25) is 0 Å². The number of hydrogen-bond donors (Lipinski definition) is 1. The summed E-state index contributed by atoms with van der Waals surface area (Å²) in [5.41, 5.74) is 2.93. The first-order chi connectivity index (χ1) is 9.24. The molecule has 0 spiro atoms. The highest BCUT2D eigenvalue weighted by molar-refractivity contribution is 8.14. The maximum atomic E-state index is 4.98. The van der Waals surface area contributed by atoms with Gasteiger partial charge in [0.25, 0.3) is 0 Å². The van der Waals surface area contributed by atoms with E-state index in [9.17, 15) is 0 Å². The van der Waals surface area contributed by atoms with Crippen molar-refractivity contribution in [3.63, 3.8) is 0 Å². The lowest BCUT2D eigenvalue weighted by Crippen LogP contribution is -2.31. The van der Waals surface area contributed by atoms with E-state index in [1.165, 1.54) is 30.4 Å². The predicted molar refractivity (Wildman–Crippen MR) is 83.8 cm³/mol. The number of rotatable bonds is 2. The van der Waals surface area contributed by atoms with Gasteiger partial charge in [-0.15, -0.1) is 0 Å². The summed E-state index contributed by atoms with van der Waals surface area (Å²) in [6, 6.07) is 9.75. The molecule has 1 aromatic carbocycles. The van der Waals surface area contributed by atoms with Gasteiger partial charge >= 0.3 is 0 Å². The highest BCUT2D eigenvalue weighted by atomic mass is 32.2. The average molecular weight is 274 g/mol. The van der Waals surface area contributed by atoms with Crippen molar-refractivity contribution in [2.45, 2.75) is 45.2 Å². The van der Waals surface area contributed by atoms with Gasteiger partial charge in [0.1, 0.15) is 0 Å². The number of thioether (sulfide) groups is 1. The largest absolute Gasteiger partial charge is 0.361 e. The molecule has 2 nitrogen and oxygen atoms in total. The predicted octanol–water partition coefficient (Wildman–Crippen LogP) is 3.78. The maximum Gasteiger partial charge on any atom is 0.157 e. The molecule has 3 rings (SSSR count). The quantitative estimate of drug-likeness (QED) is 0.887. The first-order valence-corrected chi connectivity index (χ1v) is 8.27. The Hall–Kier alpha value is -0.960. The van der Waals surface area contributed by atoms with Gasteiger partial charge in [-0.3, -0.25) is 4.99 Å². The van der Waals surface area contributed by atoms with Crippen molar-refractivity contribution in [3.05, 3.63) is 35.4 Å². The molecule has 102 valence electrons. The summed E-state index contributed by atoms with van der Waals surface area (Å²) < 4.78 is 0. The zero-order chi connectivity index (χ0) is 13.2. The summed E-state index contributed by atoms with van der Waals surface area (Å²) in [4.78, 5) is 4.98. The van der Waals surface area contributed by atoms with E-state index in [-0.39, 0.29) is 0 Å². The number of aliphatic imine (C=N–C) groups is 1. The summed E-state index contributed by atoms with van der Waals surface area (Å²) in [6.45, 7) is 4.55. The molecule has 2 atom stereocenters. The fraction of sp³-hybridized carbons (Fsp3) is 0.562. The van der Waals surface area contributed by atoms with Gasteiger partial charge < -0.3 is 5.32 Å². The smallest absolute Gasteiger partial charge is 0.157 e. The van der Waals surface area contributed by atoms with Crippen molar-refractivity contribution in [1.82, 2.24) is 5.32 Å². The first-order valence-electron chi connectivity index (χ1n) is 7.29. The fourth-order valence-electron chi connectivity index (χ4n) is 2.85. The molecule has 1 aromatic rings. The van der Waals surface area contributed by atoms with Gasteiger partial charge in [0.15, 0.2) is 5.17 Å². The van der Waals surface area contributed by atoms with Crippen LogP contribution in [0, 0.1) is 5.92 Å². The molecule has 2 aliphatic rings. The van der Waals surface area contributed by atoms with Crippen LogP contribution in [0.15, 0.2) is 29.3 Å². The summed E-state index contributed by atoms with van der Waals surface area (Å²) in [5.74, 6) is 1.84. The number of fused-ring (bicyclic) bond motifs is 1. The lowest BCUT2D eigenvalue weighted by molar-refractivity contribution is 0.500. The maximum absolute atomic E-state index is 4.98. The van der Waals surface area contributed by atoms with Crippen LogP contribution in [0.2, 0.25) is 0 Å². The molecule has 1 saturated heterocycles. The van der Waals surface area contributed by atoms with Crippen molar-refractivity contribution < 1.29 is 0 Å². The summed E-state index contributed by atoms with van der Waals surface area (Å²) in [5, 5.41) is 4.73. The Morgan fingerprint density at radius 3 is 2.95 bits per heavy atom. The first kappa shape index (κ1) is 13.0. The van der Waals surface area contributed by atoms with E-state index in [2.05, 4.69) is 43.4 Å². The Balaban J connectivity index is 1.78. The minimum absolute atomic E-state index is 0.367. The Kier molecular flexibility index (Phi) is 3.83. The van der Waals surface area contributed by atoms with Crippen LogP contribution in [0.25, 0.3) is 0 Å². The molecule has 1 N–H and O–H groups in total. The molecule has 1 aliphatic heterocycles. The second kappa shape index (κ2) is 5.58. The van der Waals surface area contributed by atoms with E-state index in [1.54, 1.807) is 0 Å². The van der Waals surface area contributed by atoms with E-state index in [4.69, 9.17) is 4.99 Å². The van der Waals surface area contributed by atoms with Crippen LogP contribution in [0.1, 0.15) is 43.9 Å². The highest BCUT2D eigenvalue weighted by Crippen LogP contribution is 2.33. The number of nitrogens with zero attached hydrogens (tertiary/aromatic N) is 1. The molecule has 3 heteroatoms. The van der Waals surface area contributed by atoms with Crippen molar-refractivity contribution in [3.8, 4) is 0 Å². The van der Waals surface area contributed by atoms with Gasteiger partial charge in [0, 0.05) is 11.8 Å². The molecule has 19 heavy (non-hydrogen) atoms. The molecule has 0 amide bonds. The van der Waals surface area contributed by atoms with Gasteiger partial charge in [-0.25, -0.2) is 0 Å². The van der Waals surface area contributed by atoms with Gasteiger partial charge in [-0.1, -0.05) is 49.9 Å². The lowest BCUT2D eigenvalue weighted by atomic mass is 9.88. The van der Waals surface area contributed by atoms with Gasteiger partial charge in [-0.05, 0) is 36.3 Å². The monoisotopic (exact) mass is 274 g/mol. The van der Waals surface area contributed by atoms with Crippen molar-refractivity contribution in [2.75, 3.05) is 5.75 Å². The topological polar surface area (TPSA) is 24.4 Å². The van der Waals surface area contributed by atoms with Gasteiger partial charge in [0.05, 0.1) is 6.04 Å². The van der Waals surface area contributed by atoms with E-state index in [0.717, 1.165) is 10.9 Å². The number of hydrogen-bond acceptors (Lipinski definition) is 2. The van der Waals surface area contributed by atoms with Crippen molar-refractivity contribution >= 4 is 16.9 Å². The van der Waals surface area contributed by atoms with E-state index in [1.807, 2.05) is 11.8 Å². The van der Waals surface area contributed by atoms with Crippen LogP contribution < -0.4 is 5.32 Å². The van der Waals surface area contributed by atoms with Crippen LogP contribution >= 0.6 is 11.8 Å². The second-order valence-corrected chi connectivity index (χ2v) is 6.86. The Labute approximate surface area is 120 Å². The van der Waals surface area contributed by atoms with Crippen molar-refractivity contribution in [2.24, 2.45) is 10.9 Å². The molecule has 0 saturated carbocycles. The van der Waals surface area contributed by atoms with Gasteiger partial charge in [-0.2, -0.15) is 0 Å². The molecule has 1 heterocycles. The Morgan fingerprint density at radius 2 is 2.16 bits per heavy atom. The minimum atomic E-state index is 0.367. The zero-order valence-electron chi connectivity index (χ0n) is 11.7. The molecule has 0 bridgehead atoms. The molecular weight excluding hydrogens is 252 g/mol. The summed E-state index contributed by atoms with van der Waals surface area (Å²) in [7, 11) is 0. The fourth-order valence-corrected chi connectivity index (χ4v) is 4.09.